The topological polar surface area (TPSA) is 99.8 Å². The molecular weight excluding hydrogens is 250 g/mol. The fourth-order valence-corrected chi connectivity index (χ4v) is 2.21. The molecule has 18 heavy (non-hydrogen) atoms. The smallest absolute Gasteiger partial charge is 0.218 e. The maximum atomic E-state index is 10.6. The summed E-state index contributed by atoms with van der Waals surface area (Å²) in [5.74, 6) is 6.70. The molecule has 1 aromatic carbocycles. The van der Waals surface area contributed by atoms with Gasteiger partial charge in [-0.3, -0.25) is 4.79 Å². The third-order valence-corrected chi connectivity index (χ3v) is 3.22. The van der Waals surface area contributed by atoms with Gasteiger partial charge >= 0.3 is 0 Å². The Morgan fingerprint density at radius 1 is 1.28 bits per heavy atom. The Morgan fingerprint density at radius 2 is 2.00 bits per heavy atom. The van der Waals surface area contributed by atoms with E-state index in [2.05, 4.69) is 10.2 Å². The van der Waals surface area contributed by atoms with Crippen molar-refractivity contribution in [1.29, 1.82) is 0 Å². The zero-order chi connectivity index (χ0) is 13.0. The van der Waals surface area contributed by atoms with Gasteiger partial charge in [0.15, 0.2) is 5.82 Å². The van der Waals surface area contributed by atoms with Gasteiger partial charge in [-0.1, -0.05) is 42.1 Å². The van der Waals surface area contributed by atoms with Crippen LogP contribution in [-0.2, 0) is 4.79 Å². The van der Waals surface area contributed by atoms with Crippen LogP contribution in [0.2, 0.25) is 0 Å². The van der Waals surface area contributed by atoms with Gasteiger partial charge in [-0.2, -0.15) is 0 Å². The van der Waals surface area contributed by atoms with Gasteiger partial charge in [0.1, 0.15) is 0 Å². The molecule has 0 radical (unpaired) electrons. The molecule has 0 spiro atoms. The first-order valence-electron chi connectivity index (χ1n) is 5.35. The lowest BCUT2D eigenvalue weighted by molar-refractivity contribution is -0.117. The van der Waals surface area contributed by atoms with Crippen LogP contribution < -0.4 is 11.6 Å². The van der Waals surface area contributed by atoms with Crippen molar-refractivity contribution in [2.24, 2.45) is 5.73 Å². The minimum Gasteiger partial charge on any atom is -0.370 e. The lowest BCUT2D eigenvalue weighted by Gasteiger charge is -2.02. The standard InChI is InChI=1S/C11H13N5OS/c12-9(17)6-7-18-11-15-14-10(16(11)13)8-4-2-1-3-5-8/h1-5H,6-7,13H2,(H2,12,17). The zero-order valence-electron chi connectivity index (χ0n) is 9.61. The molecule has 4 N–H and O–H groups in total. The fourth-order valence-electron chi connectivity index (χ4n) is 1.40. The molecule has 2 aromatic rings. The van der Waals surface area contributed by atoms with Gasteiger partial charge in [0.25, 0.3) is 0 Å². The van der Waals surface area contributed by atoms with Crippen LogP contribution in [0, 0.1) is 0 Å². The Balaban J connectivity index is 2.12. The molecule has 0 bridgehead atoms. The molecule has 0 fully saturated rings. The Labute approximate surface area is 108 Å². The summed E-state index contributed by atoms with van der Waals surface area (Å²) < 4.78 is 1.42. The summed E-state index contributed by atoms with van der Waals surface area (Å²) in [4.78, 5) is 10.6. The average molecular weight is 263 g/mol. The van der Waals surface area contributed by atoms with Crippen LogP contribution in [0.15, 0.2) is 35.5 Å². The second-order valence-corrected chi connectivity index (χ2v) is 4.67. The number of benzene rings is 1. The van der Waals surface area contributed by atoms with Crippen molar-refractivity contribution in [2.45, 2.75) is 11.6 Å². The molecule has 0 atom stereocenters. The lowest BCUT2D eigenvalue weighted by atomic mass is 10.2. The number of thioether (sulfide) groups is 1. The van der Waals surface area contributed by atoms with Crippen LogP contribution in [0.3, 0.4) is 0 Å². The zero-order valence-corrected chi connectivity index (χ0v) is 10.4. The minimum absolute atomic E-state index is 0.290. The second kappa shape index (κ2) is 5.54. The number of primary amides is 1. The summed E-state index contributed by atoms with van der Waals surface area (Å²) >= 11 is 1.35. The van der Waals surface area contributed by atoms with Gasteiger partial charge in [0.05, 0.1) is 0 Å². The Kier molecular flexibility index (Phi) is 3.83. The van der Waals surface area contributed by atoms with Crippen LogP contribution in [0.4, 0.5) is 0 Å². The molecular formula is C11H13N5OS. The first-order chi connectivity index (χ1) is 8.68. The predicted octanol–water partition coefficient (Wildman–Crippen LogP) is 0.626. The molecule has 1 aromatic heterocycles. The third-order valence-electron chi connectivity index (χ3n) is 2.28. The average Bonchev–Trinajstić information content (AvgIpc) is 2.72. The van der Waals surface area contributed by atoms with E-state index in [0.717, 1.165) is 5.56 Å². The monoisotopic (exact) mass is 263 g/mol. The highest BCUT2D eigenvalue weighted by molar-refractivity contribution is 7.99. The van der Waals surface area contributed by atoms with E-state index in [1.54, 1.807) is 0 Å². The summed E-state index contributed by atoms with van der Waals surface area (Å²) in [6.45, 7) is 0. The van der Waals surface area contributed by atoms with Crippen molar-refractivity contribution in [3.05, 3.63) is 30.3 Å². The van der Waals surface area contributed by atoms with Crippen LogP contribution in [0.25, 0.3) is 11.4 Å². The molecule has 0 saturated carbocycles. The molecule has 94 valence electrons. The maximum Gasteiger partial charge on any atom is 0.218 e. The third kappa shape index (κ3) is 2.80. The van der Waals surface area contributed by atoms with Crippen LogP contribution in [0.5, 0.6) is 0 Å². The Bertz CT molecular complexity index is 540. The largest absolute Gasteiger partial charge is 0.370 e. The number of nitrogens with zero attached hydrogens (tertiary/aromatic N) is 3. The minimum atomic E-state index is -0.339. The lowest BCUT2D eigenvalue weighted by Crippen LogP contribution is -2.13. The molecule has 6 nitrogen and oxygen atoms in total. The Morgan fingerprint density at radius 3 is 2.67 bits per heavy atom. The molecule has 7 heteroatoms. The number of carbonyl (C=O) groups is 1. The van der Waals surface area contributed by atoms with E-state index < -0.39 is 0 Å². The number of carbonyl (C=O) groups excluding carboxylic acids is 1. The molecule has 1 heterocycles. The number of nitrogens with two attached hydrogens (primary N) is 2. The first kappa shape index (κ1) is 12.4. The molecule has 0 aliphatic rings. The van der Waals surface area contributed by atoms with Crippen LogP contribution in [-0.4, -0.2) is 26.5 Å². The first-order valence-corrected chi connectivity index (χ1v) is 6.34. The van der Waals surface area contributed by atoms with E-state index >= 15 is 0 Å². The van der Waals surface area contributed by atoms with Crippen molar-refractivity contribution < 1.29 is 4.79 Å². The fraction of sp³-hybridized carbons (Fsp3) is 0.182. The van der Waals surface area contributed by atoms with Crippen molar-refractivity contribution in [3.63, 3.8) is 0 Å². The molecule has 2 rings (SSSR count). The number of amides is 1. The van der Waals surface area contributed by atoms with E-state index in [4.69, 9.17) is 11.6 Å². The summed E-state index contributed by atoms with van der Waals surface area (Å²) in [7, 11) is 0. The number of aromatic nitrogens is 3. The second-order valence-electron chi connectivity index (χ2n) is 3.61. The van der Waals surface area contributed by atoms with Crippen LogP contribution in [0.1, 0.15) is 6.42 Å². The normalized spacial score (nSPS) is 10.4. The van der Waals surface area contributed by atoms with Gasteiger partial charge in [0.2, 0.25) is 11.1 Å². The molecule has 0 aliphatic heterocycles. The van der Waals surface area contributed by atoms with Crippen molar-refractivity contribution in [3.8, 4) is 11.4 Å². The van der Waals surface area contributed by atoms with E-state index in [9.17, 15) is 4.79 Å². The van der Waals surface area contributed by atoms with E-state index in [-0.39, 0.29) is 12.3 Å². The number of rotatable bonds is 5. The SMILES string of the molecule is NC(=O)CCSc1nnc(-c2ccccc2)n1N. The van der Waals surface area contributed by atoms with Crippen molar-refractivity contribution in [1.82, 2.24) is 14.9 Å². The number of hydrogen-bond acceptors (Lipinski definition) is 5. The highest BCUT2D eigenvalue weighted by atomic mass is 32.2. The van der Waals surface area contributed by atoms with E-state index in [0.29, 0.717) is 16.7 Å². The van der Waals surface area contributed by atoms with Gasteiger partial charge in [-0.25, -0.2) is 4.68 Å². The van der Waals surface area contributed by atoms with Gasteiger partial charge in [0, 0.05) is 17.7 Å². The van der Waals surface area contributed by atoms with Gasteiger partial charge in [-0.05, 0) is 0 Å². The molecule has 0 unspecified atom stereocenters. The maximum absolute atomic E-state index is 10.6. The van der Waals surface area contributed by atoms with Gasteiger partial charge < -0.3 is 11.6 Å². The summed E-state index contributed by atoms with van der Waals surface area (Å²) in [5, 5.41) is 8.59. The van der Waals surface area contributed by atoms with E-state index in [1.807, 2.05) is 30.3 Å². The molecule has 1 amide bonds. The number of hydrogen-bond donors (Lipinski definition) is 2. The van der Waals surface area contributed by atoms with Gasteiger partial charge in [-0.15, -0.1) is 10.2 Å². The number of nitrogen functional groups attached to an aromatic ring is 1. The highest BCUT2D eigenvalue weighted by Crippen LogP contribution is 2.21. The van der Waals surface area contributed by atoms with E-state index in [1.165, 1.54) is 16.4 Å². The van der Waals surface area contributed by atoms with Crippen LogP contribution >= 0.6 is 11.8 Å². The summed E-state index contributed by atoms with van der Waals surface area (Å²) in [6, 6.07) is 9.55. The predicted molar refractivity (Wildman–Crippen MR) is 70.1 cm³/mol. The van der Waals surface area contributed by atoms with Crippen molar-refractivity contribution in [2.75, 3.05) is 11.6 Å². The molecule has 0 saturated heterocycles. The Hall–Kier alpha value is -2.02. The summed E-state index contributed by atoms with van der Waals surface area (Å²) in [5.41, 5.74) is 5.96. The summed E-state index contributed by atoms with van der Waals surface area (Å²) in [6.07, 6.45) is 0.290. The quantitative estimate of drug-likeness (QED) is 0.608. The molecule has 0 aliphatic carbocycles. The van der Waals surface area contributed by atoms with Crippen molar-refractivity contribution >= 4 is 17.7 Å². The highest BCUT2D eigenvalue weighted by Gasteiger charge is 2.11.